The molecule has 0 bridgehead atoms. The van der Waals surface area contributed by atoms with E-state index in [2.05, 4.69) is 0 Å². The average Bonchev–Trinajstić information content (AvgIpc) is 2.08. The van der Waals surface area contributed by atoms with Crippen LogP contribution in [0.25, 0.3) is 0 Å². The summed E-state index contributed by atoms with van der Waals surface area (Å²) in [5.41, 5.74) is 6.01. The first-order valence-corrected chi connectivity index (χ1v) is 3.80. The van der Waals surface area contributed by atoms with Crippen LogP contribution >= 0.6 is 0 Å². The van der Waals surface area contributed by atoms with Crippen molar-refractivity contribution in [2.24, 2.45) is 5.73 Å². The van der Waals surface area contributed by atoms with Gasteiger partial charge in [0, 0.05) is 12.1 Å². The van der Waals surface area contributed by atoms with E-state index in [1.807, 2.05) is 0 Å². The first-order valence-electron chi connectivity index (χ1n) is 3.80. The largest absolute Gasteiger partial charge is 0.387 e. The fourth-order valence-electron chi connectivity index (χ4n) is 1.05. The minimum Gasteiger partial charge on any atom is -0.387 e. The maximum Gasteiger partial charge on any atom is 0.131 e. The van der Waals surface area contributed by atoms with Gasteiger partial charge in [-0.15, -0.1) is 0 Å². The first-order chi connectivity index (χ1) is 5.66. The van der Waals surface area contributed by atoms with Crippen LogP contribution in [0.4, 0.5) is 4.39 Å². The summed E-state index contributed by atoms with van der Waals surface area (Å²) in [5, 5.41) is 9.27. The molecule has 0 saturated heterocycles. The van der Waals surface area contributed by atoms with Crippen molar-refractivity contribution in [1.82, 2.24) is 0 Å². The monoisotopic (exact) mass is 169 g/mol. The molecule has 0 fully saturated rings. The predicted octanol–water partition coefficient (Wildman–Crippen LogP) is 1.13. The smallest absolute Gasteiger partial charge is 0.131 e. The quantitative estimate of drug-likeness (QED) is 0.697. The Bertz CT molecular complexity index is 275. The van der Waals surface area contributed by atoms with Crippen molar-refractivity contribution in [2.45, 2.75) is 13.0 Å². The highest BCUT2D eigenvalue weighted by Gasteiger charge is 2.11. The fraction of sp³-hybridized carbons (Fsp3) is 0.333. The standard InChI is InChI=1S/C9H12FNO/c1-6-3-2-4-7(9(6)10)8(12)5-11/h2-4,8,12H,5,11H2,1H3/t8-/m0/s1. The van der Waals surface area contributed by atoms with E-state index in [1.54, 1.807) is 25.1 Å². The third-order valence-electron chi connectivity index (χ3n) is 1.80. The normalized spacial score (nSPS) is 13.0. The molecule has 0 unspecified atom stereocenters. The molecule has 0 spiro atoms. The lowest BCUT2D eigenvalue weighted by Gasteiger charge is -2.09. The highest BCUT2D eigenvalue weighted by molar-refractivity contribution is 5.26. The van der Waals surface area contributed by atoms with Crippen molar-refractivity contribution in [3.63, 3.8) is 0 Å². The number of benzene rings is 1. The summed E-state index contributed by atoms with van der Waals surface area (Å²) in [5.74, 6) is -0.365. The maximum atomic E-state index is 13.2. The average molecular weight is 169 g/mol. The van der Waals surface area contributed by atoms with Gasteiger partial charge in [-0.25, -0.2) is 4.39 Å². The molecule has 0 saturated carbocycles. The number of aryl methyl sites for hydroxylation is 1. The summed E-state index contributed by atoms with van der Waals surface area (Å²) in [6, 6.07) is 4.90. The topological polar surface area (TPSA) is 46.2 Å². The number of hydrogen-bond acceptors (Lipinski definition) is 2. The number of halogens is 1. The lowest BCUT2D eigenvalue weighted by molar-refractivity contribution is 0.181. The zero-order chi connectivity index (χ0) is 9.14. The summed E-state index contributed by atoms with van der Waals surface area (Å²) in [7, 11) is 0. The molecule has 12 heavy (non-hydrogen) atoms. The summed E-state index contributed by atoms with van der Waals surface area (Å²) in [6.07, 6.45) is -0.898. The molecule has 3 heteroatoms. The van der Waals surface area contributed by atoms with E-state index in [-0.39, 0.29) is 17.9 Å². The fourth-order valence-corrected chi connectivity index (χ4v) is 1.05. The summed E-state index contributed by atoms with van der Waals surface area (Å²) >= 11 is 0. The third-order valence-corrected chi connectivity index (χ3v) is 1.80. The molecular weight excluding hydrogens is 157 g/mol. The zero-order valence-corrected chi connectivity index (χ0v) is 6.92. The molecule has 0 heterocycles. The van der Waals surface area contributed by atoms with Gasteiger partial charge in [-0.05, 0) is 12.5 Å². The predicted molar refractivity (Wildman–Crippen MR) is 45.2 cm³/mol. The van der Waals surface area contributed by atoms with E-state index >= 15 is 0 Å². The minimum atomic E-state index is -0.898. The van der Waals surface area contributed by atoms with Gasteiger partial charge < -0.3 is 10.8 Å². The second-order valence-corrected chi connectivity index (χ2v) is 2.73. The molecule has 1 aromatic rings. The van der Waals surface area contributed by atoms with Gasteiger partial charge >= 0.3 is 0 Å². The number of nitrogens with two attached hydrogens (primary N) is 1. The van der Waals surface area contributed by atoms with Crippen LogP contribution in [-0.2, 0) is 0 Å². The van der Waals surface area contributed by atoms with Crippen LogP contribution in [-0.4, -0.2) is 11.7 Å². The van der Waals surface area contributed by atoms with Gasteiger partial charge in [0.15, 0.2) is 0 Å². The van der Waals surface area contributed by atoms with E-state index in [4.69, 9.17) is 5.73 Å². The number of hydrogen-bond donors (Lipinski definition) is 2. The van der Waals surface area contributed by atoms with E-state index in [1.165, 1.54) is 0 Å². The number of rotatable bonds is 2. The van der Waals surface area contributed by atoms with Gasteiger partial charge in [0.05, 0.1) is 6.10 Å². The molecule has 1 rings (SSSR count). The number of aliphatic hydroxyl groups excluding tert-OH is 1. The molecular formula is C9H12FNO. The molecule has 66 valence electrons. The van der Waals surface area contributed by atoms with Crippen molar-refractivity contribution in [3.05, 3.63) is 35.1 Å². The lowest BCUT2D eigenvalue weighted by atomic mass is 10.1. The van der Waals surface area contributed by atoms with Crippen LogP contribution < -0.4 is 5.73 Å². The summed E-state index contributed by atoms with van der Waals surface area (Å²) in [4.78, 5) is 0. The van der Waals surface area contributed by atoms with Crippen molar-refractivity contribution < 1.29 is 9.50 Å². The van der Waals surface area contributed by atoms with Crippen LogP contribution in [0.2, 0.25) is 0 Å². The van der Waals surface area contributed by atoms with Crippen LogP contribution in [0, 0.1) is 12.7 Å². The third kappa shape index (κ3) is 1.62. The van der Waals surface area contributed by atoms with Gasteiger partial charge in [-0.2, -0.15) is 0 Å². The van der Waals surface area contributed by atoms with Gasteiger partial charge in [-0.3, -0.25) is 0 Å². The van der Waals surface area contributed by atoms with Gasteiger partial charge in [0.1, 0.15) is 5.82 Å². The van der Waals surface area contributed by atoms with Crippen LogP contribution in [0.3, 0.4) is 0 Å². The second kappa shape index (κ2) is 3.65. The summed E-state index contributed by atoms with van der Waals surface area (Å²) in [6.45, 7) is 1.70. The Balaban J connectivity index is 3.07. The highest BCUT2D eigenvalue weighted by atomic mass is 19.1. The molecule has 0 aliphatic heterocycles. The molecule has 0 aliphatic rings. The van der Waals surface area contributed by atoms with Gasteiger partial charge in [0.2, 0.25) is 0 Å². The highest BCUT2D eigenvalue weighted by Crippen LogP contribution is 2.18. The summed E-state index contributed by atoms with van der Waals surface area (Å²) < 4.78 is 13.2. The van der Waals surface area contributed by atoms with E-state index in [0.29, 0.717) is 5.56 Å². The van der Waals surface area contributed by atoms with Gasteiger partial charge in [0.25, 0.3) is 0 Å². The van der Waals surface area contributed by atoms with Crippen molar-refractivity contribution in [1.29, 1.82) is 0 Å². The molecule has 3 N–H and O–H groups in total. The molecule has 0 amide bonds. The van der Waals surface area contributed by atoms with Crippen LogP contribution in [0.5, 0.6) is 0 Å². The van der Waals surface area contributed by atoms with Crippen molar-refractivity contribution >= 4 is 0 Å². The first kappa shape index (κ1) is 9.16. The lowest BCUT2D eigenvalue weighted by Crippen LogP contribution is -2.13. The Hall–Kier alpha value is -0.930. The van der Waals surface area contributed by atoms with Gasteiger partial charge in [-0.1, -0.05) is 18.2 Å². The molecule has 0 aromatic heterocycles. The SMILES string of the molecule is Cc1cccc([C@@H](O)CN)c1F. The molecule has 2 nitrogen and oxygen atoms in total. The second-order valence-electron chi connectivity index (χ2n) is 2.73. The molecule has 1 aromatic carbocycles. The van der Waals surface area contributed by atoms with Crippen LogP contribution in [0.1, 0.15) is 17.2 Å². The molecule has 0 radical (unpaired) electrons. The van der Waals surface area contributed by atoms with E-state index in [9.17, 15) is 9.50 Å². The Morgan fingerprint density at radius 2 is 2.25 bits per heavy atom. The Morgan fingerprint density at radius 3 is 2.83 bits per heavy atom. The number of aliphatic hydroxyl groups is 1. The Labute approximate surface area is 70.8 Å². The van der Waals surface area contributed by atoms with E-state index < -0.39 is 6.10 Å². The minimum absolute atomic E-state index is 0.0420. The van der Waals surface area contributed by atoms with Crippen molar-refractivity contribution in [2.75, 3.05) is 6.54 Å². The van der Waals surface area contributed by atoms with Crippen molar-refractivity contribution in [3.8, 4) is 0 Å². The Kier molecular flexibility index (Phi) is 2.78. The molecule has 0 aliphatic carbocycles. The van der Waals surface area contributed by atoms with E-state index in [0.717, 1.165) is 0 Å². The molecule has 1 atom stereocenters. The Morgan fingerprint density at radius 1 is 1.58 bits per heavy atom. The van der Waals surface area contributed by atoms with Crippen LogP contribution in [0.15, 0.2) is 18.2 Å². The maximum absolute atomic E-state index is 13.2. The zero-order valence-electron chi connectivity index (χ0n) is 6.92.